The van der Waals surface area contributed by atoms with Crippen molar-refractivity contribution in [2.45, 2.75) is 6.54 Å². The van der Waals surface area contributed by atoms with Crippen LogP contribution in [0, 0.1) is 0 Å². The number of hydrogen-bond acceptors (Lipinski definition) is 3. The summed E-state index contributed by atoms with van der Waals surface area (Å²) in [7, 11) is 0. The maximum Gasteiger partial charge on any atom is 0.248 e. The zero-order valence-corrected chi connectivity index (χ0v) is 8.05. The van der Waals surface area contributed by atoms with Crippen molar-refractivity contribution in [1.82, 2.24) is 9.55 Å². The van der Waals surface area contributed by atoms with Gasteiger partial charge < -0.3 is 15.4 Å². The zero-order chi connectivity index (χ0) is 10.8. The van der Waals surface area contributed by atoms with Crippen molar-refractivity contribution in [2.75, 3.05) is 6.61 Å². The molecule has 5 nitrogen and oxygen atoms in total. The van der Waals surface area contributed by atoms with E-state index in [4.69, 9.17) is 10.8 Å². The molecule has 1 aromatic heterocycles. The topological polar surface area (TPSA) is 81.1 Å². The number of carbonyl (C=O) groups is 1. The third-order valence-electron chi connectivity index (χ3n) is 2.25. The van der Waals surface area contributed by atoms with E-state index in [0.717, 1.165) is 5.52 Å². The minimum absolute atomic E-state index is 0.0586. The molecular weight excluding hydrogens is 194 g/mol. The molecule has 0 aliphatic rings. The molecular formula is C10H11N3O2. The highest BCUT2D eigenvalue weighted by molar-refractivity contribution is 5.96. The highest BCUT2D eigenvalue weighted by Gasteiger charge is 2.05. The maximum atomic E-state index is 10.9. The van der Waals surface area contributed by atoms with E-state index in [9.17, 15) is 4.79 Å². The van der Waals surface area contributed by atoms with Gasteiger partial charge in [-0.25, -0.2) is 4.98 Å². The number of carbonyl (C=O) groups excluding carboxylic acids is 1. The normalized spacial score (nSPS) is 10.7. The lowest BCUT2D eigenvalue weighted by molar-refractivity contribution is 0.100. The summed E-state index contributed by atoms with van der Waals surface area (Å²) in [6.07, 6.45) is 1.63. The third kappa shape index (κ3) is 1.69. The SMILES string of the molecule is NC(=O)c1ccc2c(c1)ncn2CCO. The predicted molar refractivity (Wildman–Crippen MR) is 55.3 cm³/mol. The maximum absolute atomic E-state index is 10.9. The molecule has 0 unspecified atom stereocenters. The Labute approximate surface area is 86.1 Å². The minimum atomic E-state index is -0.464. The van der Waals surface area contributed by atoms with Crippen LogP contribution >= 0.6 is 0 Å². The largest absolute Gasteiger partial charge is 0.395 e. The number of aliphatic hydroxyl groups is 1. The van der Waals surface area contributed by atoms with Crippen molar-refractivity contribution in [3.8, 4) is 0 Å². The van der Waals surface area contributed by atoms with Gasteiger partial charge in [-0.05, 0) is 18.2 Å². The van der Waals surface area contributed by atoms with Crippen molar-refractivity contribution in [2.24, 2.45) is 5.73 Å². The molecule has 1 aromatic carbocycles. The summed E-state index contributed by atoms with van der Waals surface area (Å²) in [6.45, 7) is 0.551. The first-order valence-corrected chi connectivity index (χ1v) is 4.58. The van der Waals surface area contributed by atoms with Crippen molar-refractivity contribution in [1.29, 1.82) is 0 Å². The summed E-state index contributed by atoms with van der Waals surface area (Å²) in [5, 5.41) is 8.82. The summed E-state index contributed by atoms with van der Waals surface area (Å²) in [5.74, 6) is -0.464. The van der Waals surface area contributed by atoms with Crippen LogP contribution in [0.1, 0.15) is 10.4 Å². The Morgan fingerprint density at radius 1 is 1.53 bits per heavy atom. The van der Waals surface area contributed by atoms with Gasteiger partial charge in [0.15, 0.2) is 0 Å². The summed E-state index contributed by atoms with van der Waals surface area (Å²) in [6, 6.07) is 5.07. The second kappa shape index (κ2) is 3.70. The molecule has 1 heterocycles. The van der Waals surface area contributed by atoms with E-state index >= 15 is 0 Å². The lowest BCUT2D eigenvalue weighted by atomic mass is 10.2. The van der Waals surface area contributed by atoms with Crippen molar-refractivity contribution >= 4 is 16.9 Å². The number of rotatable bonds is 3. The van der Waals surface area contributed by atoms with Crippen LogP contribution in [0.5, 0.6) is 0 Å². The summed E-state index contributed by atoms with van der Waals surface area (Å²) in [4.78, 5) is 15.0. The van der Waals surface area contributed by atoms with Crippen molar-refractivity contribution in [3.05, 3.63) is 30.1 Å². The van der Waals surface area contributed by atoms with Crippen molar-refractivity contribution in [3.63, 3.8) is 0 Å². The quantitative estimate of drug-likeness (QED) is 0.747. The van der Waals surface area contributed by atoms with E-state index < -0.39 is 5.91 Å². The average molecular weight is 205 g/mol. The fraction of sp³-hybridized carbons (Fsp3) is 0.200. The van der Waals surface area contributed by atoms with Crippen LogP contribution in [0.4, 0.5) is 0 Å². The number of primary amides is 1. The van der Waals surface area contributed by atoms with Gasteiger partial charge in [-0.3, -0.25) is 4.79 Å². The molecule has 0 fully saturated rings. The van der Waals surface area contributed by atoms with E-state index in [-0.39, 0.29) is 6.61 Å². The van der Waals surface area contributed by atoms with Crippen LogP contribution in [-0.2, 0) is 6.54 Å². The summed E-state index contributed by atoms with van der Waals surface area (Å²) in [5.41, 5.74) is 7.19. The molecule has 0 bridgehead atoms. The number of aromatic nitrogens is 2. The van der Waals surface area contributed by atoms with Gasteiger partial charge in [0.05, 0.1) is 24.0 Å². The molecule has 3 N–H and O–H groups in total. The molecule has 15 heavy (non-hydrogen) atoms. The van der Waals surface area contributed by atoms with Crippen LogP contribution in [0.15, 0.2) is 24.5 Å². The lowest BCUT2D eigenvalue weighted by Gasteiger charge is -2.00. The van der Waals surface area contributed by atoms with Gasteiger partial charge in [-0.2, -0.15) is 0 Å². The fourth-order valence-corrected chi connectivity index (χ4v) is 1.50. The molecule has 0 atom stereocenters. The van der Waals surface area contributed by atoms with E-state index in [1.54, 1.807) is 24.5 Å². The van der Waals surface area contributed by atoms with E-state index in [0.29, 0.717) is 17.6 Å². The first kappa shape index (κ1) is 9.67. The molecule has 0 spiro atoms. The van der Waals surface area contributed by atoms with Crippen LogP contribution in [0.25, 0.3) is 11.0 Å². The molecule has 0 saturated heterocycles. The summed E-state index contributed by atoms with van der Waals surface area (Å²) >= 11 is 0. The van der Waals surface area contributed by atoms with Crippen molar-refractivity contribution < 1.29 is 9.90 Å². The predicted octanol–water partition coefficient (Wildman–Crippen LogP) is 0.127. The molecule has 5 heteroatoms. The average Bonchev–Trinajstić information content (AvgIpc) is 2.61. The van der Waals surface area contributed by atoms with E-state index in [1.165, 1.54) is 0 Å². The number of fused-ring (bicyclic) bond motifs is 1. The van der Waals surface area contributed by atoms with E-state index in [2.05, 4.69) is 4.98 Å². The van der Waals surface area contributed by atoms with E-state index in [1.807, 2.05) is 4.57 Å². The highest BCUT2D eigenvalue weighted by Crippen LogP contribution is 2.14. The standard InChI is InChI=1S/C10H11N3O2/c11-10(15)7-1-2-9-8(5-7)12-6-13(9)3-4-14/h1-2,5-6,14H,3-4H2,(H2,11,15). The lowest BCUT2D eigenvalue weighted by Crippen LogP contribution is -2.10. The Bertz CT molecular complexity index is 504. The Morgan fingerprint density at radius 3 is 3.00 bits per heavy atom. The van der Waals surface area contributed by atoms with Gasteiger partial charge in [-0.15, -0.1) is 0 Å². The molecule has 1 amide bonds. The second-order valence-corrected chi connectivity index (χ2v) is 3.23. The third-order valence-corrected chi connectivity index (χ3v) is 2.25. The highest BCUT2D eigenvalue weighted by atomic mass is 16.3. The molecule has 0 aliphatic carbocycles. The first-order valence-electron chi connectivity index (χ1n) is 4.58. The van der Waals surface area contributed by atoms with Crippen LogP contribution < -0.4 is 5.73 Å². The smallest absolute Gasteiger partial charge is 0.248 e. The number of nitrogens with two attached hydrogens (primary N) is 1. The molecule has 2 rings (SSSR count). The second-order valence-electron chi connectivity index (χ2n) is 3.23. The van der Waals surface area contributed by atoms with Gasteiger partial charge in [0.2, 0.25) is 5.91 Å². The van der Waals surface area contributed by atoms with Gasteiger partial charge in [0.1, 0.15) is 0 Å². The number of benzene rings is 1. The van der Waals surface area contributed by atoms with Gasteiger partial charge >= 0.3 is 0 Å². The Morgan fingerprint density at radius 2 is 2.33 bits per heavy atom. The number of nitrogens with zero attached hydrogens (tertiary/aromatic N) is 2. The zero-order valence-electron chi connectivity index (χ0n) is 8.05. The monoisotopic (exact) mass is 205 g/mol. The van der Waals surface area contributed by atoms with Gasteiger partial charge in [-0.1, -0.05) is 0 Å². The molecule has 78 valence electrons. The molecule has 0 aliphatic heterocycles. The molecule has 0 saturated carbocycles. The summed E-state index contributed by atoms with van der Waals surface area (Å²) < 4.78 is 1.82. The number of aliphatic hydroxyl groups excluding tert-OH is 1. The van der Waals surface area contributed by atoms with Gasteiger partial charge in [0.25, 0.3) is 0 Å². The Hall–Kier alpha value is -1.88. The molecule has 2 aromatic rings. The van der Waals surface area contributed by atoms with Gasteiger partial charge in [0, 0.05) is 12.1 Å². The minimum Gasteiger partial charge on any atom is -0.395 e. The fourth-order valence-electron chi connectivity index (χ4n) is 1.50. The van der Waals surface area contributed by atoms with Crippen LogP contribution in [0.3, 0.4) is 0 Å². The van der Waals surface area contributed by atoms with Crippen LogP contribution in [0.2, 0.25) is 0 Å². The first-order chi connectivity index (χ1) is 7.22. The number of hydrogen-bond donors (Lipinski definition) is 2. The van der Waals surface area contributed by atoms with Crippen LogP contribution in [-0.4, -0.2) is 27.2 Å². The number of imidazole rings is 1. The Balaban J connectivity index is 2.51. The number of amides is 1. The Kier molecular flexibility index (Phi) is 2.39. The molecule has 0 radical (unpaired) electrons.